The van der Waals surface area contributed by atoms with Gasteiger partial charge in [0.05, 0.1) is 5.41 Å². The minimum absolute atomic E-state index is 0.0172. The number of carbonyl (C=O) groups excluding carboxylic acids is 1. The van der Waals surface area contributed by atoms with Gasteiger partial charge in [0.2, 0.25) is 5.91 Å². The van der Waals surface area contributed by atoms with Gasteiger partial charge in [-0.3, -0.25) is 4.79 Å². The molecule has 1 amide bonds. The number of aryl methyl sites for hydroxylation is 1. The first kappa shape index (κ1) is 14.8. The summed E-state index contributed by atoms with van der Waals surface area (Å²) in [5.41, 5.74) is 4.10. The van der Waals surface area contributed by atoms with E-state index in [0.29, 0.717) is 0 Å². The number of benzene rings is 2. The van der Waals surface area contributed by atoms with Crippen molar-refractivity contribution >= 4 is 11.6 Å². The first-order valence-corrected chi connectivity index (χ1v) is 7.67. The first-order valence-electron chi connectivity index (χ1n) is 7.67. The van der Waals surface area contributed by atoms with E-state index in [1.165, 1.54) is 0 Å². The normalized spacial score (nSPS) is 17.0. The lowest BCUT2D eigenvalue weighted by molar-refractivity contribution is -0.119. The number of aliphatic hydroxyl groups excluding tert-OH is 1. The van der Waals surface area contributed by atoms with E-state index in [4.69, 9.17) is 0 Å². The van der Waals surface area contributed by atoms with E-state index in [1.54, 1.807) is 0 Å². The summed E-state index contributed by atoms with van der Waals surface area (Å²) in [7, 11) is 0. The molecule has 114 valence electrons. The number of hydrogen-bond donors (Lipinski definition) is 2. The fourth-order valence-corrected chi connectivity index (χ4v) is 3.02. The van der Waals surface area contributed by atoms with Crippen molar-refractivity contribution in [2.24, 2.45) is 0 Å². The average Bonchev–Trinajstić information content (AvgIpc) is 2.77. The van der Waals surface area contributed by atoms with Crippen molar-refractivity contribution in [1.29, 1.82) is 0 Å². The van der Waals surface area contributed by atoms with Crippen LogP contribution in [0.25, 0.3) is 0 Å². The molecule has 2 N–H and O–H groups in total. The Morgan fingerprint density at radius 3 is 2.45 bits per heavy atom. The molecule has 3 heteroatoms. The van der Waals surface area contributed by atoms with Crippen LogP contribution >= 0.6 is 0 Å². The van der Waals surface area contributed by atoms with Crippen LogP contribution in [0.3, 0.4) is 0 Å². The molecule has 3 rings (SSSR count). The molecule has 0 saturated heterocycles. The monoisotopic (exact) mass is 295 g/mol. The van der Waals surface area contributed by atoms with Crippen molar-refractivity contribution in [1.82, 2.24) is 0 Å². The van der Waals surface area contributed by atoms with Crippen LogP contribution in [-0.2, 0) is 16.6 Å². The Balaban J connectivity index is 2.12. The summed E-state index contributed by atoms with van der Waals surface area (Å²) < 4.78 is 0. The van der Waals surface area contributed by atoms with E-state index in [2.05, 4.69) is 12.2 Å². The Hall–Kier alpha value is -2.13. The standard InChI is InChI=1S/C19H21NO2/c1-4-12-10-14(17(21)13-8-6-5-7-9-13)11-15-16(12)20-18(22)19(15,2)3/h5-11,17,21H,4H2,1-3H3,(H,20,22). The van der Waals surface area contributed by atoms with Crippen LogP contribution < -0.4 is 5.32 Å². The van der Waals surface area contributed by atoms with Crippen molar-refractivity contribution in [2.75, 3.05) is 5.32 Å². The van der Waals surface area contributed by atoms with E-state index >= 15 is 0 Å². The largest absolute Gasteiger partial charge is 0.384 e. The molecule has 1 aliphatic heterocycles. The Morgan fingerprint density at radius 1 is 1.14 bits per heavy atom. The maximum atomic E-state index is 12.2. The molecule has 0 fully saturated rings. The molecule has 0 spiro atoms. The number of anilines is 1. The molecule has 2 aromatic carbocycles. The van der Waals surface area contributed by atoms with Gasteiger partial charge in [0, 0.05) is 5.69 Å². The highest BCUT2D eigenvalue weighted by Gasteiger charge is 2.39. The lowest BCUT2D eigenvalue weighted by atomic mass is 9.83. The molecule has 0 bridgehead atoms. The minimum Gasteiger partial charge on any atom is -0.384 e. The summed E-state index contributed by atoms with van der Waals surface area (Å²) in [4.78, 5) is 12.2. The Morgan fingerprint density at radius 2 is 1.82 bits per heavy atom. The van der Waals surface area contributed by atoms with Gasteiger partial charge in [0.25, 0.3) is 0 Å². The summed E-state index contributed by atoms with van der Waals surface area (Å²) in [6, 6.07) is 13.6. The third kappa shape index (κ3) is 2.22. The second-order valence-corrected chi connectivity index (χ2v) is 6.35. The van der Waals surface area contributed by atoms with Gasteiger partial charge in [-0.05, 0) is 48.6 Å². The maximum absolute atomic E-state index is 12.2. The van der Waals surface area contributed by atoms with Crippen LogP contribution in [0.5, 0.6) is 0 Å². The fraction of sp³-hybridized carbons (Fsp3) is 0.316. The van der Waals surface area contributed by atoms with Gasteiger partial charge < -0.3 is 10.4 Å². The van der Waals surface area contributed by atoms with Crippen LogP contribution in [0, 0.1) is 0 Å². The van der Waals surface area contributed by atoms with Crippen LogP contribution in [0.1, 0.15) is 49.1 Å². The zero-order chi connectivity index (χ0) is 15.9. The van der Waals surface area contributed by atoms with E-state index in [0.717, 1.165) is 34.4 Å². The summed E-state index contributed by atoms with van der Waals surface area (Å²) in [6.07, 6.45) is 0.136. The molecule has 3 nitrogen and oxygen atoms in total. The van der Waals surface area contributed by atoms with Crippen LogP contribution in [0.4, 0.5) is 5.69 Å². The van der Waals surface area contributed by atoms with Gasteiger partial charge in [-0.15, -0.1) is 0 Å². The van der Waals surface area contributed by atoms with Crippen molar-refractivity contribution in [3.8, 4) is 0 Å². The van der Waals surface area contributed by atoms with Crippen LogP contribution in [0.2, 0.25) is 0 Å². The highest BCUT2D eigenvalue weighted by molar-refractivity contribution is 6.06. The number of aliphatic hydroxyl groups is 1. The summed E-state index contributed by atoms with van der Waals surface area (Å²) in [5, 5.41) is 13.7. The molecule has 1 atom stereocenters. The third-order valence-electron chi connectivity index (χ3n) is 4.53. The maximum Gasteiger partial charge on any atom is 0.234 e. The van der Waals surface area contributed by atoms with Crippen molar-refractivity contribution < 1.29 is 9.90 Å². The van der Waals surface area contributed by atoms with Crippen LogP contribution in [-0.4, -0.2) is 11.0 Å². The van der Waals surface area contributed by atoms with Gasteiger partial charge >= 0.3 is 0 Å². The van der Waals surface area contributed by atoms with E-state index in [-0.39, 0.29) is 5.91 Å². The Bertz CT molecular complexity index is 720. The number of rotatable bonds is 3. The predicted molar refractivity (Wildman–Crippen MR) is 88.0 cm³/mol. The quantitative estimate of drug-likeness (QED) is 0.909. The van der Waals surface area contributed by atoms with Gasteiger partial charge in [0.15, 0.2) is 0 Å². The SMILES string of the molecule is CCc1cc(C(O)c2ccccc2)cc2c1NC(=O)C2(C)C. The van der Waals surface area contributed by atoms with E-state index in [9.17, 15) is 9.90 Å². The molecule has 2 aromatic rings. The highest BCUT2D eigenvalue weighted by atomic mass is 16.3. The molecule has 1 heterocycles. The van der Waals surface area contributed by atoms with Gasteiger partial charge in [0.1, 0.15) is 6.10 Å². The lowest BCUT2D eigenvalue weighted by Crippen LogP contribution is -2.26. The third-order valence-corrected chi connectivity index (χ3v) is 4.53. The van der Waals surface area contributed by atoms with Crippen molar-refractivity contribution in [3.05, 3.63) is 64.7 Å². The number of nitrogens with one attached hydrogen (secondary N) is 1. The number of amides is 1. The topological polar surface area (TPSA) is 49.3 Å². The molecule has 0 radical (unpaired) electrons. The molecule has 22 heavy (non-hydrogen) atoms. The number of fused-ring (bicyclic) bond motifs is 1. The van der Waals surface area contributed by atoms with Gasteiger partial charge in [-0.25, -0.2) is 0 Å². The minimum atomic E-state index is -0.677. The molecular weight excluding hydrogens is 274 g/mol. The Labute approximate surface area is 131 Å². The van der Waals surface area contributed by atoms with E-state index in [1.807, 2.05) is 56.3 Å². The molecular formula is C19H21NO2. The lowest BCUT2D eigenvalue weighted by Gasteiger charge is -2.19. The Kier molecular flexibility index (Phi) is 3.53. The highest BCUT2D eigenvalue weighted by Crippen LogP contribution is 2.41. The summed E-state index contributed by atoms with van der Waals surface area (Å²) in [5.74, 6) is 0.0172. The second-order valence-electron chi connectivity index (χ2n) is 6.35. The molecule has 0 aliphatic carbocycles. The fourth-order valence-electron chi connectivity index (χ4n) is 3.02. The van der Waals surface area contributed by atoms with Crippen LogP contribution in [0.15, 0.2) is 42.5 Å². The first-order chi connectivity index (χ1) is 10.4. The second kappa shape index (κ2) is 5.25. The predicted octanol–water partition coefficient (Wildman–Crippen LogP) is 3.56. The van der Waals surface area contributed by atoms with Gasteiger partial charge in [-0.1, -0.05) is 43.3 Å². The molecule has 1 unspecified atom stereocenters. The number of hydrogen-bond acceptors (Lipinski definition) is 2. The molecule has 0 aromatic heterocycles. The summed E-state index contributed by atoms with van der Waals surface area (Å²) >= 11 is 0. The summed E-state index contributed by atoms with van der Waals surface area (Å²) in [6.45, 7) is 5.91. The van der Waals surface area contributed by atoms with Gasteiger partial charge in [-0.2, -0.15) is 0 Å². The zero-order valence-electron chi connectivity index (χ0n) is 13.2. The zero-order valence-corrected chi connectivity index (χ0v) is 13.2. The van der Waals surface area contributed by atoms with E-state index < -0.39 is 11.5 Å². The molecule has 0 saturated carbocycles. The van der Waals surface area contributed by atoms with Crippen molar-refractivity contribution in [2.45, 2.75) is 38.7 Å². The molecule has 1 aliphatic rings. The number of carbonyl (C=O) groups is 1. The van der Waals surface area contributed by atoms with Crippen molar-refractivity contribution in [3.63, 3.8) is 0 Å². The average molecular weight is 295 g/mol. The smallest absolute Gasteiger partial charge is 0.234 e.